The van der Waals surface area contributed by atoms with Crippen molar-refractivity contribution in [3.8, 4) is 22.9 Å². The van der Waals surface area contributed by atoms with Crippen molar-refractivity contribution in [3.63, 3.8) is 0 Å². The number of hydrogen-bond donors (Lipinski definition) is 0. The maximum atomic E-state index is 15.0. The molecule has 5 rings (SSSR count). The molecule has 0 saturated carbocycles. The first kappa shape index (κ1) is 25.7. The number of methoxy groups -OCH3 is 1. The molecule has 3 aromatic heterocycles. The Morgan fingerprint density at radius 1 is 0.974 bits per heavy atom. The van der Waals surface area contributed by atoms with Gasteiger partial charge in [0.05, 0.1) is 35.8 Å². The van der Waals surface area contributed by atoms with Crippen molar-refractivity contribution in [3.05, 3.63) is 111 Å². The molecule has 196 valence electrons. The monoisotopic (exact) mass is 528 g/mol. The van der Waals surface area contributed by atoms with Crippen molar-refractivity contribution < 1.29 is 23.0 Å². The molecular weight excluding hydrogens is 506 g/mol. The molecule has 10 heteroatoms. The summed E-state index contributed by atoms with van der Waals surface area (Å²) in [6.07, 6.45) is 2.80. The first-order chi connectivity index (χ1) is 18.7. The summed E-state index contributed by atoms with van der Waals surface area (Å²) < 4.78 is 40.4. The minimum Gasteiger partial charge on any atom is -0.495 e. The molecule has 0 aliphatic rings. The second-order valence-corrected chi connectivity index (χ2v) is 8.80. The number of halogens is 2. The first-order valence-corrected chi connectivity index (χ1v) is 11.9. The highest BCUT2D eigenvalue weighted by molar-refractivity contribution is 5.98. The molecule has 0 spiro atoms. The summed E-state index contributed by atoms with van der Waals surface area (Å²) in [4.78, 5) is 35.0. The summed E-state index contributed by atoms with van der Waals surface area (Å²) in [6.45, 7) is 3.30. The summed E-state index contributed by atoms with van der Waals surface area (Å²) in [5, 5.41) is 4.26. The molecular formula is C29H22F2N4O4. The van der Waals surface area contributed by atoms with E-state index in [1.807, 2.05) is 0 Å². The van der Waals surface area contributed by atoms with Crippen molar-refractivity contribution in [1.29, 1.82) is 0 Å². The predicted octanol–water partition coefficient (Wildman–Crippen LogP) is 5.30. The highest BCUT2D eigenvalue weighted by Crippen LogP contribution is 2.31. The van der Waals surface area contributed by atoms with E-state index in [-0.39, 0.29) is 17.7 Å². The highest BCUT2D eigenvalue weighted by atomic mass is 19.1. The van der Waals surface area contributed by atoms with Crippen molar-refractivity contribution >= 4 is 16.8 Å². The molecule has 0 amide bonds. The molecule has 39 heavy (non-hydrogen) atoms. The fourth-order valence-electron chi connectivity index (χ4n) is 4.11. The van der Waals surface area contributed by atoms with Gasteiger partial charge in [-0.15, -0.1) is 0 Å². The molecule has 0 radical (unpaired) electrons. The van der Waals surface area contributed by atoms with Crippen LogP contribution in [0.1, 0.15) is 27.2 Å². The van der Waals surface area contributed by atoms with Gasteiger partial charge < -0.3 is 9.47 Å². The molecule has 0 fully saturated rings. The zero-order chi connectivity index (χ0) is 27.7. The van der Waals surface area contributed by atoms with Gasteiger partial charge in [-0.05, 0) is 61.4 Å². The number of hydrogen-bond acceptors (Lipinski definition) is 7. The number of fused-ring (bicyclic) bond motifs is 1. The van der Waals surface area contributed by atoms with E-state index < -0.39 is 23.0 Å². The standard InChI is InChI=1S/C29H22F2N4O4/c1-16-17(2)34-35(20-7-5-19(30)6-8-20)29(37)27(16)24(36)13-18-4-9-25(22(31)12-18)39-26-10-11-32-23-14-21(38-3)15-33-28(23)26/h4-12,14-15H,13H2,1-3H3. The van der Waals surface area contributed by atoms with Gasteiger partial charge in [-0.1, -0.05) is 6.07 Å². The average molecular weight is 529 g/mol. The van der Waals surface area contributed by atoms with Crippen LogP contribution in [-0.2, 0) is 6.42 Å². The number of rotatable bonds is 7. The van der Waals surface area contributed by atoms with Crippen LogP contribution in [0.25, 0.3) is 16.7 Å². The lowest BCUT2D eigenvalue weighted by molar-refractivity contribution is 0.0990. The lowest BCUT2D eigenvalue weighted by atomic mass is 9.99. The van der Waals surface area contributed by atoms with E-state index in [4.69, 9.17) is 9.47 Å². The smallest absolute Gasteiger partial charge is 0.282 e. The molecule has 0 atom stereocenters. The van der Waals surface area contributed by atoms with Crippen LogP contribution in [0.3, 0.4) is 0 Å². The molecule has 0 N–H and O–H groups in total. The van der Waals surface area contributed by atoms with Gasteiger partial charge in [-0.2, -0.15) is 9.78 Å². The Hall–Kier alpha value is -4.99. The molecule has 0 bridgehead atoms. The molecule has 0 aliphatic carbocycles. The Bertz CT molecular complexity index is 1790. The minimum atomic E-state index is -0.690. The van der Waals surface area contributed by atoms with Gasteiger partial charge in [0.1, 0.15) is 17.1 Å². The van der Waals surface area contributed by atoms with Crippen LogP contribution < -0.4 is 15.0 Å². The third-order valence-electron chi connectivity index (χ3n) is 6.26. The number of aryl methyl sites for hydroxylation is 1. The Kier molecular flexibility index (Phi) is 6.84. The van der Waals surface area contributed by atoms with Gasteiger partial charge in [0.25, 0.3) is 5.56 Å². The molecule has 0 saturated heterocycles. The lowest BCUT2D eigenvalue weighted by Gasteiger charge is -2.13. The number of Topliss-reactive ketones (excluding diaryl/α,β-unsaturated/α-hetero) is 1. The zero-order valence-corrected chi connectivity index (χ0v) is 21.2. The fourth-order valence-corrected chi connectivity index (χ4v) is 4.11. The quantitative estimate of drug-likeness (QED) is 0.265. The van der Waals surface area contributed by atoms with Crippen LogP contribution in [0.4, 0.5) is 8.78 Å². The maximum absolute atomic E-state index is 15.0. The number of nitrogens with zero attached hydrogens (tertiary/aromatic N) is 4. The Morgan fingerprint density at radius 3 is 2.46 bits per heavy atom. The predicted molar refractivity (Wildman–Crippen MR) is 140 cm³/mol. The van der Waals surface area contributed by atoms with Crippen LogP contribution in [0.2, 0.25) is 0 Å². The largest absolute Gasteiger partial charge is 0.495 e. The van der Waals surface area contributed by atoms with Crippen LogP contribution in [0.5, 0.6) is 17.2 Å². The number of benzene rings is 2. The van der Waals surface area contributed by atoms with Gasteiger partial charge in [0.15, 0.2) is 23.1 Å². The first-order valence-electron chi connectivity index (χ1n) is 11.9. The molecule has 0 aliphatic heterocycles. The lowest BCUT2D eigenvalue weighted by Crippen LogP contribution is -2.30. The third kappa shape index (κ3) is 5.08. The highest BCUT2D eigenvalue weighted by Gasteiger charge is 2.21. The van der Waals surface area contributed by atoms with Crippen LogP contribution in [0, 0.1) is 25.5 Å². The molecule has 5 aromatic rings. The zero-order valence-electron chi connectivity index (χ0n) is 21.2. The summed E-state index contributed by atoms with van der Waals surface area (Å²) in [7, 11) is 1.52. The maximum Gasteiger partial charge on any atom is 0.282 e. The normalized spacial score (nSPS) is 11.0. The topological polar surface area (TPSA) is 96.2 Å². The average Bonchev–Trinajstić information content (AvgIpc) is 2.92. The van der Waals surface area contributed by atoms with Crippen LogP contribution in [-0.4, -0.2) is 32.6 Å². The second kappa shape index (κ2) is 10.4. The Morgan fingerprint density at radius 2 is 1.74 bits per heavy atom. The molecule has 2 aromatic carbocycles. The van der Waals surface area contributed by atoms with E-state index in [0.717, 1.165) is 4.68 Å². The van der Waals surface area contributed by atoms with Crippen molar-refractivity contribution in [1.82, 2.24) is 19.7 Å². The van der Waals surface area contributed by atoms with Crippen LogP contribution in [0.15, 0.2) is 71.8 Å². The second-order valence-electron chi connectivity index (χ2n) is 8.80. The SMILES string of the molecule is COc1cnc2c(Oc3ccc(CC(=O)c4c(C)c(C)nn(-c5ccc(F)cc5)c4=O)cc3F)ccnc2c1. The third-order valence-corrected chi connectivity index (χ3v) is 6.26. The Labute approximate surface area is 221 Å². The van der Waals surface area contributed by atoms with Crippen LogP contribution >= 0.6 is 0 Å². The fraction of sp³-hybridized carbons (Fsp3) is 0.138. The van der Waals surface area contributed by atoms with Gasteiger partial charge in [0, 0.05) is 24.8 Å². The van der Waals surface area contributed by atoms with Gasteiger partial charge in [0.2, 0.25) is 0 Å². The number of carbonyl (C=O) groups excluding carboxylic acids is 1. The van der Waals surface area contributed by atoms with Gasteiger partial charge in [-0.3, -0.25) is 14.6 Å². The van der Waals surface area contributed by atoms with Gasteiger partial charge in [-0.25, -0.2) is 13.8 Å². The number of carbonyl (C=O) groups is 1. The summed E-state index contributed by atoms with van der Waals surface area (Å²) in [5.41, 5.74) is 1.82. The van der Waals surface area contributed by atoms with E-state index in [9.17, 15) is 14.0 Å². The Balaban J connectivity index is 1.41. The van der Waals surface area contributed by atoms with Crippen molar-refractivity contribution in [2.75, 3.05) is 7.11 Å². The number of ketones is 1. The number of ether oxygens (including phenoxy) is 2. The number of aromatic nitrogens is 4. The van der Waals surface area contributed by atoms with Crippen molar-refractivity contribution in [2.45, 2.75) is 20.3 Å². The molecule has 3 heterocycles. The molecule has 8 nitrogen and oxygen atoms in total. The summed E-state index contributed by atoms with van der Waals surface area (Å²) >= 11 is 0. The van der Waals surface area contributed by atoms with E-state index in [1.165, 1.54) is 55.9 Å². The van der Waals surface area contributed by atoms with E-state index in [0.29, 0.717) is 45.0 Å². The van der Waals surface area contributed by atoms with E-state index in [1.54, 1.807) is 32.0 Å². The van der Waals surface area contributed by atoms with E-state index >= 15 is 4.39 Å². The summed E-state index contributed by atoms with van der Waals surface area (Å²) in [5.74, 6) is -0.887. The van der Waals surface area contributed by atoms with Crippen molar-refractivity contribution in [2.24, 2.45) is 0 Å². The molecule has 0 unspecified atom stereocenters. The minimum absolute atomic E-state index is 0.0580. The number of pyridine rings is 2. The van der Waals surface area contributed by atoms with E-state index in [2.05, 4.69) is 15.1 Å². The van der Waals surface area contributed by atoms with Gasteiger partial charge >= 0.3 is 0 Å². The summed E-state index contributed by atoms with van der Waals surface area (Å²) in [6, 6.07) is 12.6.